The topological polar surface area (TPSA) is 95.9 Å². The van der Waals surface area contributed by atoms with Crippen molar-refractivity contribution in [2.75, 3.05) is 39.5 Å². The molecule has 1 fully saturated rings. The molecule has 7 nitrogen and oxygen atoms in total. The number of hydrogen-bond acceptors (Lipinski definition) is 6. The van der Waals surface area contributed by atoms with Gasteiger partial charge in [0, 0.05) is 25.2 Å². The summed E-state index contributed by atoms with van der Waals surface area (Å²) in [5.74, 6) is -0.523. The van der Waals surface area contributed by atoms with E-state index in [9.17, 15) is 13.2 Å². The maximum absolute atomic E-state index is 12.8. The van der Waals surface area contributed by atoms with Crippen molar-refractivity contribution in [2.45, 2.75) is 4.90 Å². The van der Waals surface area contributed by atoms with Gasteiger partial charge in [0.15, 0.2) is 4.91 Å². The molecule has 0 atom stereocenters. The molecule has 0 saturated carbocycles. The highest BCUT2D eigenvalue weighted by Gasteiger charge is 2.41. The Morgan fingerprint density at radius 2 is 1.96 bits per heavy atom. The van der Waals surface area contributed by atoms with E-state index in [1.807, 2.05) is 0 Å². The van der Waals surface area contributed by atoms with E-state index < -0.39 is 15.7 Å². The van der Waals surface area contributed by atoms with E-state index in [1.54, 1.807) is 18.2 Å². The molecule has 8 heteroatoms. The molecule has 1 amide bonds. The van der Waals surface area contributed by atoms with E-state index in [-0.39, 0.29) is 28.6 Å². The molecule has 0 unspecified atom stereocenters. The number of carbonyl (C=O) groups excluding carboxylic acids is 1. The van der Waals surface area contributed by atoms with Crippen LogP contribution in [-0.2, 0) is 19.4 Å². The van der Waals surface area contributed by atoms with Gasteiger partial charge in [-0.1, -0.05) is 18.2 Å². The molecule has 2 N–H and O–H groups in total. The summed E-state index contributed by atoms with van der Waals surface area (Å²) >= 11 is 0. The number of aliphatic hydroxyl groups is 1. The summed E-state index contributed by atoms with van der Waals surface area (Å²) < 4.78 is 30.8. The van der Waals surface area contributed by atoms with Crippen molar-refractivity contribution >= 4 is 21.4 Å². The van der Waals surface area contributed by atoms with E-state index >= 15 is 0 Å². The van der Waals surface area contributed by atoms with Crippen LogP contribution in [0, 0.1) is 0 Å². The molecule has 23 heavy (non-hydrogen) atoms. The average Bonchev–Trinajstić information content (AvgIpc) is 2.80. The van der Waals surface area contributed by atoms with Crippen LogP contribution in [0.3, 0.4) is 0 Å². The average molecular weight is 338 g/mol. The van der Waals surface area contributed by atoms with Crippen molar-refractivity contribution in [2.24, 2.45) is 0 Å². The molecule has 0 radical (unpaired) electrons. The van der Waals surface area contributed by atoms with Crippen LogP contribution in [0.5, 0.6) is 0 Å². The van der Waals surface area contributed by atoms with E-state index in [1.165, 1.54) is 11.0 Å². The monoisotopic (exact) mass is 338 g/mol. The van der Waals surface area contributed by atoms with Crippen LogP contribution in [0.2, 0.25) is 0 Å². The molecule has 0 bridgehead atoms. The van der Waals surface area contributed by atoms with Gasteiger partial charge < -0.3 is 20.1 Å². The van der Waals surface area contributed by atoms with Gasteiger partial charge in [-0.3, -0.25) is 4.79 Å². The van der Waals surface area contributed by atoms with Crippen LogP contribution in [0.1, 0.15) is 5.56 Å². The van der Waals surface area contributed by atoms with Crippen molar-refractivity contribution in [3.8, 4) is 0 Å². The highest BCUT2D eigenvalue weighted by molar-refractivity contribution is 7.97. The molecule has 1 saturated heterocycles. The zero-order valence-electron chi connectivity index (χ0n) is 12.5. The third-order valence-electron chi connectivity index (χ3n) is 3.85. The Bertz CT molecular complexity index is 751. The molecule has 0 aliphatic carbocycles. The van der Waals surface area contributed by atoms with Gasteiger partial charge in [-0.15, -0.1) is 0 Å². The van der Waals surface area contributed by atoms with E-state index in [4.69, 9.17) is 9.84 Å². The second kappa shape index (κ2) is 6.31. The summed E-state index contributed by atoms with van der Waals surface area (Å²) in [7, 11) is -3.87. The lowest BCUT2D eigenvalue weighted by Gasteiger charge is -2.27. The van der Waals surface area contributed by atoms with Crippen LogP contribution in [0.25, 0.3) is 5.70 Å². The minimum Gasteiger partial charge on any atom is -0.395 e. The number of benzene rings is 1. The molecule has 2 aliphatic rings. The number of sulfone groups is 1. The van der Waals surface area contributed by atoms with Gasteiger partial charge in [0.05, 0.1) is 30.4 Å². The van der Waals surface area contributed by atoms with Gasteiger partial charge in [-0.05, 0) is 6.07 Å². The maximum atomic E-state index is 12.8. The molecule has 2 heterocycles. The number of hydrogen-bond donors (Lipinski definition) is 2. The van der Waals surface area contributed by atoms with E-state index in [0.29, 0.717) is 31.9 Å². The van der Waals surface area contributed by atoms with E-state index in [2.05, 4.69) is 5.32 Å². The first-order valence-corrected chi connectivity index (χ1v) is 8.86. The lowest BCUT2D eigenvalue weighted by atomic mass is 10.1. The van der Waals surface area contributed by atoms with Gasteiger partial charge in [0.1, 0.15) is 0 Å². The van der Waals surface area contributed by atoms with Crippen molar-refractivity contribution in [1.82, 2.24) is 10.2 Å². The Morgan fingerprint density at radius 1 is 1.26 bits per heavy atom. The third-order valence-corrected chi connectivity index (χ3v) is 5.70. The molecule has 3 rings (SSSR count). The van der Waals surface area contributed by atoms with Crippen LogP contribution >= 0.6 is 0 Å². The zero-order chi connectivity index (χ0) is 16.4. The Labute approximate surface area is 134 Å². The van der Waals surface area contributed by atoms with Gasteiger partial charge in [0.2, 0.25) is 9.84 Å². The van der Waals surface area contributed by atoms with Crippen molar-refractivity contribution in [3.05, 3.63) is 34.7 Å². The number of rotatable bonds is 4. The minimum atomic E-state index is -3.87. The Kier molecular flexibility index (Phi) is 4.38. The number of carbonyl (C=O) groups is 1. The number of ether oxygens (including phenoxy) is 1. The van der Waals surface area contributed by atoms with Gasteiger partial charge in [-0.25, -0.2) is 8.42 Å². The Hall–Kier alpha value is -1.90. The maximum Gasteiger partial charge on any atom is 0.268 e. The summed E-state index contributed by atoms with van der Waals surface area (Å²) in [4.78, 5) is 14.2. The first-order chi connectivity index (χ1) is 11.1. The quantitative estimate of drug-likeness (QED) is 0.774. The highest BCUT2D eigenvalue weighted by atomic mass is 32.2. The van der Waals surface area contributed by atoms with Crippen LogP contribution in [0.4, 0.5) is 0 Å². The largest absolute Gasteiger partial charge is 0.395 e. The minimum absolute atomic E-state index is 0.122. The molecular weight excluding hydrogens is 320 g/mol. The van der Waals surface area contributed by atoms with Crippen LogP contribution in [-0.4, -0.2) is 63.8 Å². The standard InChI is InChI=1S/C15H18N2O5S/c18-8-5-16-13-11-3-1-2-4-12(11)23(20,21)14(13)15(19)17-6-9-22-10-7-17/h1-4,16,18H,5-10H2. The van der Waals surface area contributed by atoms with Crippen LogP contribution < -0.4 is 5.32 Å². The smallest absolute Gasteiger partial charge is 0.268 e. The predicted octanol–water partition coefficient (Wildman–Crippen LogP) is -0.417. The predicted molar refractivity (Wildman–Crippen MR) is 83.0 cm³/mol. The fraction of sp³-hybridized carbons (Fsp3) is 0.400. The first kappa shape index (κ1) is 16.0. The molecule has 0 aromatic heterocycles. The fourth-order valence-corrected chi connectivity index (χ4v) is 4.51. The molecule has 1 aromatic carbocycles. The normalized spacial score (nSPS) is 19.6. The summed E-state index contributed by atoms with van der Waals surface area (Å²) in [6, 6.07) is 6.50. The van der Waals surface area contributed by atoms with Crippen molar-refractivity contribution in [1.29, 1.82) is 0 Å². The number of nitrogens with one attached hydrogen (secondary N) is 1. The fourth-order valence-electron chi connectivity index (χ4n) is 2.76. The van der Waals surface area contributed by atoms with Gasteiger partial charge >= 0.3 is 0 Å². The summed E-state index contributed by atoms with van der Waals surface area (Å²) in [6.07, 6.45) is 0. The zero-order valence-corrected chi connectivity index (χ0v) is 13.3. The number of morpholine rings is 1. The summed E-state index contributed by atoms with van der Waals surface area (Å²) in [5.41, 5.74) is 0.740. The van der Waals surface area contributed by atoms with Crippen molar-refractivity contribution < 1.29 is 23.1 Å². The lowest BCUT2D eigenvalue weighted by Crippen LogP contribution is -2.42. The lowest BCUT2D eigenvalue weighted by molar-refractivity contribution is -0.130. The number of aliphatic hydroxyl groups excluding tert-OH is 1. The van der Waals surface area contributed by atoms with Crippen LogP contribution in [0.15, 0.2) is 34.1 Å². The van der Waals surface area contributed by atoms with E-state index in [0.717, 1.165) is 0 Å². The van der Waals surface area contributed by atoms with Gasteiger partial charge in [0.25, 0.3) is 5.91 Å². The number of fused-ring (bicyclic) bond motifs is 1. The molecule has 2 aliphatic heterocycles. The summed E-state index contributed by atoms with van der Waals surface area (Å²) in [6.45, 7) is 1.52. The first-order valence-electron chi connectivity index (χ1n) is 7.38. The Morgan fingerprint density at radius 3 is 2.65 bits per heavy atom. The molecule has 1 aromatic rings. The molecule has 124 valence electrons. The highest BCUT2D eigenvalue weighted by Crippen LogP contribution is 2.38. The van der Waals surface area contributed by atoms with Crippen molar-refractivity contribution in [3.63, 3.8) is 0 Å². The SMILES string of the molecule is O=C(C1=C(NCCO)c2ccccc2S1(=O)=O)N1CCOCC1. The number of nitrogens with zero attached hydrogens (tertiary/aromatic N) is 1. The summed E-state index contributed by atoms with van der Waals surface area (Å²) in [5, 5.41) is 11.9. The molecular formula is C15H18N2O5S. The van der Waals surface area contributed by atoms with Gasteiger partial charge in [-0.2, -0.15) is 0 Å². The Balaban J connectivity index is 2.07. The third kappa shape index (κ3) is 2.73. The second-order valence-corrected chi connectivity index (χ2v) is 7.11. The molecule has 0 spiro atoms. The number of amides is 1. The second-order valence-electron chi connectivity index (χ2n) is 5.26.